The van der Waals surface area contributed by atoms with Gasteiger partial charge in [0, 0.05) is 13.0 Å². The summed E-state index contributed by atoms with van der Waals surface area (Å²) in [5.74, 6) is -0.510. The Bertz CT molecular complexity index is 404. The minimum Gasteiger partial charge on any atom is -0.462 e. The number of anilines is 1. The lowest BCUT2D eigenvalue weighted by atomic mass is 10.3. The van der Waals surface area contributed by atoms with Gasteiger partial charge in [-0.05, 0) is 24.9 Å². The molecule has 0 aliphatic rings. The quantitative estimate of drug-likeness (QED) is 0.586. The molecule has 0 aliphatic heterocycles. The van der Waals surface area contributed by atoms with Crippen LogP contribution in [0.15, 0.2) is 11.4 Å². The number of thiophene rings is 1. The summed E-state index contributed by atoms with van der Waals surface area (Å²) in [6.45, 7) is 5.51. The van der Waals surface area contributed by atoms with E-state index in [4.69, 9.17) is 4.74 Å². The lowest BCUT2D eigenvalue weighted by molar-refractivity contribution is -0.116. The second-order valence-electron chi connectivity index (χ2n) is 3.54. The lowest BCUT2D eigenvalue weighted by Gasteiger charge is -2.06. The highest BCUT2D eigenvalue weighted by Crippen LogP contribution is 2.24. The summed E-state index contributed by atoms with van der Waals surface area (Å²) in [5.41, 5.74) is 0.415. The Morgan fingerprint density at radius 2 is 2.17 bits per heavy atom. The Morgan fingerprint density at radius 3 is 2.83 bits per heavy atom. The molecule has 1 rings (SSSR count). The van der Waals surface area contributed by atoms with E-state index in [1.807, 2.05) is 6.92 Å². The number of nitrogens with one attached hydrogen (secondary N) is 2. The first-order chi connectivity index (χ1) is 8.69. The molecule has 1 aromatic rings. The van der Waals surface area contributed by atoms with E-state index in [1.54, 1.807) is 18.4 Å². The number of carbonyl (C=O) groups is 2. The molecule has 2 N–H and O–H groups in total. The third-order valence-corrected chi connectivity index (χ3v) is 3.02. The van der Waals surface area contributed by atoms with Crippen molar-refractivity contribution in [1.29, 1.82) is 0 Å². The fourth-order valence-corrected chi connectivity index (χ4v) is 2.13. The summed E-state index contributed by atoms with van der Waals surface area (Å²) in [6, 6.07) is 1.66. The van der Waals surface area contributed by atoms with Gasteiger partial charge in [-0.25, -0.2) is 4.79 Å². The summed E-state index contributed by atoms with van der Waals surface area (Å²) in [7, 11) is 0. The topological polar surface area (TPSA) is 67.4 Å². The first kappa shape index (κ1) is 14.7. The van der Waals surface area contributed by atoms with Gasteiger partial charge in [-0.1, -0.05) is 6.92 Å². The predicted octanol–water partition coefficient (Wildman–Crippen LogP) is 1.86. The van der Waals surface area contributed by atoms with Crippen molar-refractivity contribution in [1.82, 2.24) is 5.32 Å². The molecule has 0 aromatic carbocycles. The predicted molar refractivity (Wildman–Crippen MR) is 72.1 cm³/mol. The summed E-state index contributed by atoms with van der Waals surface area (Å²) < 4.78 is 4.91. The number of esters is 1. The molecule has 5 nitrogen and oxygen atoms in total. The Hall–Kier alpha value is -1.40. The van der Waals surface area contributed by atoms with Crippen LogP contribution >= 0.6 is 11.3 Å². The maximum Gasteiger partial charge on any atom is 0.341 e. The van der Waals surface area contributed by atoms with Crippen molar-refractivity contribution < 1.29 is 14.3 Å². The molecule has 0 fully saturated rings. The van der Waals surface area contributed by atoms with Gasteiger partial charge in [-0.2, -0.15) is 0 Å². The Labute approximate surface area is 111 Å². The number of carbonyl (C=O) groups excluding carboxylic acids is 2. The van der Waals surface area contributed by atoms with Crippen LogP contribution in [0, 0.1) is 0 Å². The van der Waals surface area contributed by atoms with Crippen LogP contribution in [0.25, 0.3) is 0 Å². The summed E-state index contributed by atoms with van der Waals surface area (Å²) in [6.07, 6.45) is 0.383. The first-order valence-electron chi connectivity index (χ1n) is 5.94. The fourth-order valence-electron chi connectivity index (χ4n) is 1.34. The molecular formula is C12H18N2O3S. The molecule has 6 heteroatoms. The maximum absolute atomic E-state index is 11.6. The van der Waals surface area contributed by atoms with Crippen molar-refractivity contribution in [2.45, 2.75) is 20.3 Å². The third kappa shape index (κ3) is 4.46. The largest absolute Gasteiger partial charge is 0.462 e. The number of hydrogen-bond donors (Lipinski definition) is 2. The van der Waals surface area contributed by atoms with E-state index in [1.165, 1.54) is 11.3 Å². The molecule has 0 radical (unpaired) electrons. The molecule has 0 unspecified atom stereocenters. The van der Waals surface area contributed by atoms with E-state index in [2.05, 4.69) is 10.6 Å². The summed E-state index contributed by atoms with van der Waals surface area (Å²) in [4.78, 5) is 23.2. The molecule has 0 aliphatic carbocycles. The van der Waals surface area contributed by atoms with Gasteiger partial charge < -0.3 is 15.4 Å². The van der Waals surface area contributed by atoms with Gasteiger partial charge in [0.2, 0.25) is 5.91 Å². The average Bonchev–Trinajstić information content (AvgIpc) is 2.78. The fraction of sp³-hybridized carbons (Fsp3) is 0.500. The Balaban J connectivity index is 2.54. The van der Waals surface area contributed by atoms with E-state index < -0.39 is 5.97 Å². The molecule has 1 heterocycles. The minimum atomic E-state index is -0.402. The second kappa shape index (κ2) is 7.84. The van der Waals surface area contributed by atoms with Gasteiger partial charge in [-0.3, -0.25) is 4.79 Å². The van der Waals surface area contributed by atoms with Gasteiger partial charge in [0.1, 0.15) is 5.00 Å². The molecule has 0 saturated heterocycles. The summed E-state index contributed by atoms with van der Waals surface area (Å²) >= 11 is 1.32. The van der Waals surface area contributed by atoms with Crippen molar-refractivity contribution >= 4 is 28.2 Å². The van der Waals surface area contributed by atoms with Crippen LogP contribution in [0.1, 0.15) is 30.6 Å². The lowest BCUT2D eigenvalue weighted by Crippen LogP contribution is -2.21. The highest BCUT2D eigenvalue weighted by Gasteiger charge is 2.15. The molecule has 0 spiro atoms. The molecule has 100 valence electrons. The highest BCUT2D eigenvalue weighted by molar-refractivity contribution is 7.14. The van der Waals surface area contributed by atoms with Crippen LogP contribution in [0.3, 0.4) is 0 Å². The van der Waals surface area contributed by atoms with E-state index in [9.17, 15) is 9.59 Å². The molecule has 0 saturated carbocycles. The van der Waals surface area contributed by atoms with Gasteiger partial charge in [-0.15, -0.1) is 11.3 Å². The number of hydrogen-bond acceptors (Lipinski definition) is 5. The van der Waals surface area contributed by atoms with Crippen molar-refractivity contribution in [2.75, 3.05) is 25.0 Å². The van der Waals surface area contributed by atoms with E-state index in [0.29, 0.717) is 30.1 Å². The van der Waals surface area contributed by atoms with E-state index in [-0.39, 0.29) is 5.91 Å². The molecule has 1 amide bonds. The van der Waals surface area contributed by atoms with Crippen LogP contribution < -0.4 is 10.6 Å². The van der Waals surface area contributed by atoms with Gasteiger partial charge in [0.25, 0.3) is 0 Å². The van der Waals surface area contributed by atoms with Crippen LogP contribution in [0.2, 0.25) is 0 Å². The normalized spacial score (nSPS) is 10.1. The van der Waals surface area contributed by atoms with Crippen LogP contribution in [-0.4, -0.2) is 31.6 Å². The zero-order chi connectivity index (χ0) is 13.4. The molecule has 0 atom stereocenters. The Morgan fingerprint density at radius 1 is 1.39 bits per heavy atom. The smallest absolute Gasteiger partial charge is 0.341 e. The van der Waals surface area contributed by atoms with Crippen molar-refractivity contribution in [3.05, 3.63) is 17.0 Å². The summed E-state index contributed by atoms with van der Waals surface area (Å²) in [5, 5.41) is 8.10. The minimum absolute atomic E-state index is 0.107. The number of ether oxygens (including phenoxy) is 1. The van der Waals surface area contributed by atoms with Crippen LogP contribution in [-0.2, 0) is 9.53 Å². The first-order valence-corrected chi connectivity index (χ1v) is 6.82. The van der Waals surface area contributed by atoms with E-state index >= 15 is 0 Å². The van der Waals surface area contributed by atoms with E-state index in [0.717, 1.165) is 6.54 Å². The van der Waals surface area contributed by atoms with Gasteiger partial charge >= 0.3 is 5.97 Å². The van der Waals surface area contributed by atoms with Crippen LogP contribution in [0.4, 0.5) is 5.00 Å². The molecule has 1 aromatic heterocycles. The Kier molecular flexibility index (Phi) is 6.38. The molecular weight excluding hydrogens is 252 g/mol. The number of rotatable bonds is 7. The SMILES string of the molecule is CCNCCC(=O)Nc1sccc1C(=O)OCC. The zero-order valence-corrected chi connectivity index (χ0v) is 11.4. The molecule has 18 heavy (non-hydrogen) atoms. The molecule has 0 bridgehead atoms. The highest BCUT2D eigenvalue weighted by atomic mass is 32.1. The second-order valence-corrected chi connectivity index (χ2v) is 4.45. The maximum atomic E-state index is 11.6. The monoisotopic (exact) mass is 270 g/mol. The standard InChI is InChI=1S/C12H18N2O3S/c1-3-13-7-5-10(15)14-11-9(6-8-18-11)12(16)17-4-2/h6,8,13H,3-5,7H2,1-2H3,(H,14,15). The van der Waals surface area contributed by atoms with Crippen molar-refractivity contribution in [3.8, 4) is 0 Å². The van der Waals surface area contributed by atoms with Crippen molar-refractivity contribution in [2.24, 2.45) is 0 Å². The average molecular weight is 270 g/mol. The van der Waals surface area contributed by atoms with Crippen molar-refractivity contribution in [3.63, 3.8) is 0 Å². The number of amides is 1. The van der Waals surface area contributed by atoms with Gasteiger partial charge in [0.05, 0.1) is 12.2 Å². The van der Waals surface area contributed by atoms with Crippen LogP contribution in [0.5, 0.6) is 0 Å². The zero-order valence-electron chi connectivity index (χ0n) is 10.6. The van der Waals surface area contributed by atoms with Gasteiger partial charge in [0.15, 0.2) is 0 Å². The third-order valence-electron chi connectivity index (χ3n) is 2.19.